The molecule has 17 heavy (non-hydrogen) atoms. The van der Waals surface area contributed by atoms with Gasteiger partial charge in [-0.2, -0.15) is 18.4 Å². The number of aromatic nitrogens is 1. The SMILES string of the molecule is [C-]#[N+]C(C#N)(CCC(F)(F)F)Cc1cscn1. The lowest BCUT2D eigenvalue weighted by molar-refractivity contribution is -0.136. The zero-order chi connectivity index (χ0) is 12.9. The fourth-order valence-corrected chi connectivity index (χ4v) is 1.84. The molecule has 1 aromatic heterocycles. The van der Waals surface area contributed by atoms with Crippen molar-refractivity contribution in [3.8, 4) is 6.07 Å². The Morgan fingerprint density at radius 1 is 1.47 bits per heavy atom. The van der Waals surface area contributed by atoms with Gasteiger partial charge in [0.25, 0.3) is 0 Å². The van der Waals surface area contributed by atoms with Crippen molar-refractivity contribution in [1.82, 2.24) is 4.98 Å². The van der Waals surface area contributed by atoms with E-state index >= 15 is 0 Å². The summed E-state index contributed by atoms with van der Waals surface area (Å²) in [5.74, 6) is 0. The molecule has 0 aliphatic carbocycles. The Morgan fingerprint density at radius 3 is 2.59 bits per heavy atom. The van der Waals surface area contributed by atoms with Crippen LogP contribution >= 0.6 is 11.3 Å². The van der Waals surface area contributed by atoms with Gasteiger partial charge in [0.05, 0.1) is 24.0 Å². The molecule has 3 nitrogen and oxygen atoms in total. The van der Waals surface area contributed by atoms with Crippen LogP contribution in [-0.2, 0) is 6.42 Å². The predicted molar refractivity (Wildman–Crippen MR) is 56.1 cm³/mol. The van der Waals surface area contributed by atoms with Gasteiger partial charge in [0, 0.05) is 11.8 Å². The van der Waals surface area contributed by atoms with E-state index in [0.29, 0.717) is 5.69 Å². The Bertz CT molecular complexity index is 425. The van der Waals surface area contributed by atoms with E-state index in [1.54, 1.807) is 11.4 Å². The standard InChI is InChI=1S/C10H8F3N3S/c1-15-9(6-14,2-3-10(11,12)13)4-8-5-17-7-16-8/h5,7H,2-4H2. The molecule has 0 bridgehead atoms. The minimum atomic E-state index is -4.35. The van der Waals surface area contributed by atoms with Crippen LogP contribution in [0.2, 0.25) is 0 Å². The number of hydrogen-bond donors (Lipinski definition) is 0. The van der Waals surface area contributed by atoms with Crippen LogP contribution in [0.3, 0.4) is 0 Å². The molecule has 0 fully saturated rings. The lowest BCUT2D eigenvalue weighted by atomic mass is 9.91. The third-order valence-electron chi connectivity index (χ3n) is 2.20. The predicted octanol–water partition coefficient (Wildman–Crippen LogP) is 3.21. The highest BCUT2D eigenvalue weighted by molar-refractivity contribution is 7.07. The second-order valence-electron chi connectivity index (χ2n) is 3.53. The van der Waals surface area contributed by atoms with Gasteiger partial charge >= 0.3 is 11.7 Å². The van der Waals surface area contributed by atoms with Crippen molar-refractivity contribution in [2.75, 3.05) is 0 Å². The number of halogens is 3. The molecule has 1 rings (SSSR count). The summed E-state index contributed by atoms with van der Waals surface area (Å²) in [4.78, 5) is 6.95. The lowest BCUT2D eigenvalue weighted by Crippen LogP contribution is -2.28. The van der Waals surface area contributed by atoms with Gasteiger partial charge in [-0.05, 0) is 0 Å². The van der Waals surface area contributed by atoms with E-state index in [-0.39, 0.29) is 6.42 Å². The first kappa shape index (κ1) is 13.5. The van der Waals surface area contributed by atoms with Gasteiger partial charge in [-0.15, -0.1) is 11.3 Å². The second kappa shape index (κ2) is 5.15. The Morgan fingerprint density at radius 2 is 2.18 bits per heavy atom. The van der Waals surface area contributed by atoms with Crippen LogP contribution in [0.25, 0.3) is 4.85 Å². The molecule has 1 heterocycles. The van der Waals surface area contributed by atoms with Crippen molar-refractivity contribution < 1.29 is 13.2 Å². The number of alkyl halides is 3. The second-order valence-corrected chi connectivity index (χ2v) is 4.25. The van der Waals surface area contributed by atoms with Crippen LogP contribution < -0.4 is 0 Å². The number of hydrogen-bond acceptors (Lipinski definition) is 3. The molecule has 1 atom stereocenters. The van der Waals surface area contributed by atoms with Crippen LogP contribution in [0.1, 0.15) is 18.5 Å². The first-order valence-corrected chi connectivity index (χ1v) is 5.59. The maximum Gasteiger partial charge on any atom is 0.389 e. The lowest BCUT2D eigenvalue weighted by Gasteiger charge is -2.14. The summed E-state index contributed by atoms with van der Waals surface area (Å²) in [7, 11) is 0. The molecule has 0 saturated carbocycles. The van der Waals surface area contributed by atoms with Gasteiger partial charge in [-0.3, -0.25) is 4.85 Å². The molecule has 0 radical (unpaired) electrons. The van der Waals surface area contributed by atoms with Gasteiger partial charge in [-0.25, -0.2) is 11.6 Å². The highest BCUT2D eigenvalue weighted by atomic mass is 32.1. The van der Waals surface area contributed by atoms with E-state index in [2.05, 4.69) is 9.83 Å². The first-order valence-electron chi connectivity index (χ1n) is 4.64. The van der Waals surface area contributed by atoms with Gasteiger partial charge in [0.1, 0.15) is 0 Å². The van der Waals surface area contributed by atoms with Crippen LogP contribution in [0.5, 0.6) is 0 Å². The highest BCUT2D eigenvalue weighted by Crippen LogP contribution is 2.30. The summed E-state index contributed by atoms with van der Waals surface area (Å²) < 4.78 is 36.3. The van der Waals surface area contributed by atoms with Gasteiger partial charge in [-0.1, -0.05) is 0 Å². The van der Waals surface area contributed by atoms with Crippen molar-refractivity contribution in [2.24, 2.45) is 0 Å². The summed E-state index contributed by atoms with van der Waals surface area (Å²) in [6.07, 6.45) is -6.07. The Hall–Kier alpha value is -1.60. The molecular weight excluding hydrogens is 251 g/mol. The minimum absolute atomic E-state index is 0.0629. The average molecular weight is 259 g/mol. The smallest absolute Gasteiger partial charge is 0.294 e. The molecule has 0 saturated heterocycles. The van der Waals surface area contributed by atoms with Crippen molar-refractivity contribution in [2.45, 2.75) is 31.0 Å². The largest absolute Gasteiger partial charge is 0.389 e. The molecule has 1 aromatic rings. The summed E-state index contributed by atoms with van der Waals surface area (Å²) in [5.41, 5.74) is 0.337. The summed E-state index contributed by atoms with van der Waals surface area (Å²) in [5, 5.41) is 10.5. The zero-order valence-electron chi connectivity index (χ0n) is 8.66. The van der Waals surface area contributed by atoms with E-state index in [0.717, 1.165) is 0 Å². The number of nitriles is 1. The van der Waals surface area contributed by atoms with Gasteiger partial charge < -0.3 is 0 Å². The minimum Gasteiger partial charge on any atom is -0.294 e. The maximum atomic E-state index is 12.1. The first-order chi connectivity index (χ1) is 7.91. The molecule has 7 heteroatoms. The summed E-state index contributed by atoms with van der Waals surface area (Å²) >= 11 is 1.28. The molecule has 1 unspecified atom stereocenters. The Kier molecular flexibility index (Phi) is 4.08. The number of nitrogens with zero attached hydrogens (tertiary/aromatic N) is 3. The number of thiazole rings is 1. The molecule has 0 aromatic carbocycles. The third kappa shape index (κ3) is 4.04. The molecule has 0 spiro atoms. The average Bonchev–Trinajstić information content (AvgIpc) is 2.76. The molecule has 0 aliphatic rings. The number of rotatable bonds is 4. The zero-order valence-corrected chi connectivity index (χ0v) is 9.48. The van der Waals surface area contributed by atoms with Gasteiger partial charge in [0.2, 0.25) is 0 Å². The van der Waals surface area contributed by atoms with Crippen molar-refractivity contribution in [3.63, 3.8) is 0 Å². The van der Waals surface area contributed by atoms with Crippen molar-refractivity contribution in [3.05, 3.63) is 28.0 Å². The fraction of sp³-hybridized carbons (Fsp3) is 0.500. The highest BCUT2D eigenvalue weighted by Gasteiger charge is 2.42. The monoisotopic (exact) mass is 259 g/mol. The molecule has 0 amide bonds. The van der Waals surface area contributed by atoms with E-state index in [1.165, 1.54) is 16.8 Å². The molecule has 0 aliphatic heterocycles. The molecule has 0 N–H and O–H groups in total. The van der Waals surface area contributed by atoms with E-state index in [4.69, 9.17) is 11.8 Å². The van der Waals surface area contributed by atoms with E-state index < -0.39 is 24.6 Å². The Balaban J connectivity index is 2.77. The summed E-state index contributed by atoms with van der Waals surface area (Å²) in [6.45, 7) is 6.93. The van der Waals surface area contributed by atoms with Crippen molar-refractivity contribution >= 4 is 11.3 Å². The third-order valence-corrected chi connectivity index (χ3v) is 2.84. The van der Waals surface area contributed by atoms with Crippen molar-refractivity contribution in [1.29, 1.82) is 5.26 Å². The summed E-state index contributed by atoms with van der Waals surface area (Å²) in [6, 6.07) is 1.69. The molecule has 90 valence electrons. The quantitative estimate of drug-likeness (QED) is 0.779. The molecular formula is C10H8F3N3S. The van der Waals surface area contributed by atoms with Gasteiger partial charge in [0.15, 0.2) is 6.07 Å². The van der Waals surface area contributed by atoms with E-state index in [1.807, 2.05) is 0 Å². The van der Waals surface area contributed by atoms with Crippen LogP contribution in [0, 0.1) is 17.9 Å². The topological polar surface area (TPSA) is 41.0 Å². The van der Waals surface area contributed by atoms with Crippen LogP contribution in [-0.4, -0.2) is 16.7 Å². The normalized spacial score (nSPS) is 14.6. The van der Waals surface area contributed by atoms with E-state index in [9.17, 15) is 13.2 Å². The maximum absolute atomic E-state index is 12.1. The van der Waals surface area contributed by atoms with Crippen LogP contribution in [0.4, 0.5) is 13.2 Å². The fourth-order valence-electron chi connectivity index (χ4n) is 1.28. The van der Waals surface area contributed by atoms with Crippen LogP contribution in [0.15, 0.2) is 10.9 Å². The Labute approximate surface area is 100 Å².